The van der Waals surface area contributed by atoms with Gasteiger partial charge in [-0.1, -0.05) is 93.3 Å². The number of ether oxygens (including phenoxy) is 1. The molecule has 1 saturated heterocycles. The van der Waals surface area contributed by atoms with Crippen LogP contribution in [0.15, 0.2) is 78.9 Å². The van der Waals surface area contributed by atoms with Crippen LogP contribution in [0.3, 0.4) is 0 Å². The summed E-state index contributed by atoms with van der Waals surface area (Å²) in [5.41, 5.74) is 5.94. The molecule has 9 heteroatoms. The van der Waals surface area contributed by atoms with Crippen LogP contribution in [0.1, 0.15) is 75.5 Å². The Morgan fingerprint density at radius 2 is 1.39 bits per heavy atom. The van der Waals surface area contributed by atoms with Gasteiger partial charge in [0, 0.05) is 18.6 Å². The van der Waals surface area contributed by atoms with Gasteiger partial charge in [-0.2, -0.15) is 8.42 Å². The second kappa shape index (κ2) is 18.6. The van der Waals surface area contributed by atoms with Crippen molar-refractivity contribution in [1.82, 2.24) is 4.90 Å². The van der Waals surface area contributed by atoms with Crippen molar-refractivity contribution in [1.29, 1.82) is 0 Å². The Morgan fingerprint density at radius 1 is 0.735 bits per heavy atom. The second-order valence-corrected chi connectivity index (χ2v) is 17.0. The van der Waals surface area contributed by atoms with Gasteiger partial charge in [-0.15, -0.1) is 0 Å². The molecule has 0 aromatic heterocycles. The molecule has 0 saturated carbocycles. The number of unbranched alkanes of at least 4 members (excludes halogenated alkanes) is 2. The van der Waals surface area contributed by atoms with Gasteiger partial charge in [0.2, 0.25) is 0 Å². The summed E-state index contributed by atoms with van der Waals surface area (Å²) in [4.78, 5) is 2.49. The summed E-state index contributed by atoms with van der Waals surface area (Å²) in [5.74, 6) is 1.61. The van der Waals surface area contributed by atoms with Crippen LogP contribution in [-0.4, -0.2) is 65.7 Å². The predicted molar refractivity (Wildman–Crippen MR) is 203 cm³/mol. The van der Waals surface area contributed by atoms with E-state index in [0.29, 0.717) is 24.5 Å². The van der Waals surface area contributed by atoms with E-state index < -0.39 is 20.0 Å². The van der Waals surface area contributed by atoms with Gasteiger partial charge in [0.15, 0.2) is 0 Å². The molecular formula is C40H53NO6S2. The number of nitrogens with zero attached hydrogens (tertiary/aromatic N) is 1. The first-order chi connectivity index (χ1) is 23.5. The van der Waals surface area contributed by atoms with Crippen molar-refractivity contribution in [3.63, 3.8) is 0 Å². The average molecular weight is 708 g/mol. The Labute approximate surface area is 294 Å². The smallest absolute Gasteiger partial charge is 0.309 e. The number of hydrogen-bond donors (Lipinski definition) is 0. The molecule has 266 valence electrons. The number of aryl methyl sites for hydroxylation is 1. The molecule has 1 fully saturated rings. The summed E-state index contributed by atoms with van der Waals surface area (Å²) in [7, 11) is -6.30. The van der Waals surface area contributed by atoms with Crippen molar-refractivity contribution < 1.29 is 25.8 Å². The molecule has 0 amide bonds. The topological polar surface area (TPSA) is 90.0 Å². The number of likely N-dealkylation sites (tertiary alicyclic amines) is 1. The highest BCUT2D eigenvalue weighted by atomic mass is 32.2. The lowest BCUT2D eigenvalue weighted by atomic mass is 9.90. The number of sulfone groups is 1. The Balaban J connectivity index is 0.000000603. The SMILES string of the molecule is CCCCS(=O)(=O)Oc1ccc2c(Cc3ccc(OCCN4CCCCC4)cc3)c(-c3ccc(C)cc3)ccc2c1.CCCCS(C)(=O)=O. The van der Waals surface area contributed by atoms with E-state index >= 15 is 0 Å². The van der Waals surface area contributed by atoms with Crippen molar-refractivity contribution in [3.05, 3.63) is 95.6 Å². The third-order valence-electron chi connectivity index (χ3n) is 8.73. The summed E-state index contributed by atoms with van der Waals surface area (Å²) in [6, 6.07) is 26.8. The Hall–Kier alpha value is -3.40. The van der Waals surface area contributed by atoms with E-state index in [1.54, 1.807) is 6.07 Å². The first-order valence-corrected chi connectivity index (χ1v) is 21.3. The third kappa shape index (κ3) is 12.8. The molecule has 0 unspecified atom stereocenters. The highest BCUT2D eigenvalue weighted by molar-refractivity contribution is 7.90. The molecule has 1 aliphatic rings. The fourth-order valence-corrected chi connectivity index (χ4v) is 7.85. The maximum absolute atomic E-state index is 12.4. The lowest BCUT2D eigenvalue weighted by Gasteiger charge is -2.26. The van der Waals surface area contributed by atoms with Crippen LogP contribution in [0, 0.1) is 6.92 Å². The van der Waals surface area contributed by atoms with Crippen molar-refractivity contribution in [2.75, 3.05) is 44.0 Å². The Bertz CT molecular complexity index is 1830. The average Bonchev–Trinajstić information content (AvgIpc) is 3.08. The fraction of sp³-hybridized carbons (Fsp3) is 0.450. The maximum atomic E-state index is 12.4. The monoisotopic (exact) mass is 707 g/mol. The molecule has 4 aromatic carbocycles. The predicted octanol–water partition coefficient (Wildman–Crippen LogP) is 8.61. The molecule has 0 bridgehead atoms. The van der Waals surface area contributed by atoms with Crippen LogP contribution < -0.4 is 8.92 Å². The minimum absolute atomic E-state index is 0.0249. The first kappa shape index (κ1) is 38.4. The highest BCUT2D eigenvalue weighted by Crippen LogP contribution is 2.34. The molecule has 0 atom stereocenters. The van der Waals surface area contributed by atoms with E-state index in [1.807, 2.05) is 26.0 Å². The molecule has 4 aromatic rings. The van der Waals surface area contributed by atoms with Crippen molar-refractivity contribution in [2.24, 2.45) is 0 Å². The van der Waals surface area contributed by atoms with E-state index in [1.165, 1.54) is 60.9 Å². The minimum Gasteiger partial charge on any atom is -0.492 e. The fourth-order valence-electron chi connectivity index (χ4n) is 5.92. The van der Waals surface area contributed by atoms with Gasteiger partial charge in [-0.05, 0) is 109 Å². The van der Waals surface area contributed by atoms with E-state index in [2.05, 4.69) is 72.5 Å². The molecule has 0 N–H and O–H groups in total. The van der Waals surface area contributed by atoms with Gasteiger partial charge < -0.3 is 8.92 Å². The van der Waals surface area contributed by atoms with Crippen LogP contribution in [-0.2, 0) is 26.4 Å². The molecule has 7 nitrogen and oxygen atoms in total. The third-order valence-corrected chi connectivity index (χ3v) is 11.0. The first-order valence-electron chi connectivity index (χ1n) is 17.6. The number of hydrogen-bond acceptors (Lipinski definition) is 7. The second-order valence-electron chi connectivity index (χ2n) is 13.1. The zero-order chi connectivity index (χ0) is 35.3. The standard InChI is InChI=1S/C35H41NO4S.C5H12O2S/c1-3-4-24-41(37,38)40-32-17-19-34-30(26-32)14-18-33(29-12-8-27(2)9-13-29)35(34)25-28-10-15-31(16-11-28)39-23-22-36-20-6-5-7-21-36;1-3-4-5-8(2,6)7/h8-19,26H,3-7,20-25H2,1-2H3;3-5H2,1-2H3. The van der Waals surface area contributed by atoms with Crippen LogP contribution in [0.5, 0.6) is 11.5 Å². The van der Waals surface area contributed by atoms with Gasteiger partial charge in [-0.3, -0.25) is 4.90 Å². The number of fused-ring (bicyclic) bond motifs is 1. The Morgan fingerprint density at radius 3 is 2.02 bits per heavy atom. The van der Waals surface area contributed by atoms with Crippen molar-refractivity contribution >= 4 is 30.7 Å². The summed E-state index contributed by atoms with van der Waals surface area (Å²) in [6.45, 7) is 10.1. The largest absolute Gasteiger partial charge is 0.492 e. The van der Waals surface area contributed by atoms with E-state index in [9.17, 15) is 16.8 Å². The maximum Gasteiger partial charge on any atom is 0.309 e. The Kier molecular flexibility index (Phi) is 14.5. The van der Waals surface area contributed by atoms with Gasteiger partial charge in [0.05, 0.1) is 5.75 Å². The van der Waals surface area contributed by atoms with Crippen LogP contribution in [0.25, 0.3) is 21.9 Å². The lowest BCUT2D eigenvalue weighted by Crippen LogP contribution is -2.33. The molecular weight excluding hydrogens is 655 g/mol. The van der Waals surface area contributed by atoms with Crippen molar-refractivity contribution in [3.8, 4) is 22.6 Å². The van der Waals surface area contributed by atoms with Crippen LogP contribution in [0.2, 0.25) is 0 Å². The number of rotatable bonds is 15. The summed E-state index contributed by atoms with van der Waals surface area (Å²) in [5, 5.41) is 2.04. The summed E-state index contributed by atoms with van der Waals surface area (Å²) >= 11 is 0. The molecule has 0 radical (unpaired) electrons. The summed E-state index contributed by atoms with van der Waals surface area (Å²) in [6.07, 6.45) is 9.06. The molecule has 0 spiro atoms. The zero-order valence-electron chi connectivity index (χ0n) is 29.6. The molecule has 5 rings (SSSR count). The van der Waals surface area contributed by atoms with Gasteiger partial charge in [-0.25, -0.2) is 8.42 Å². The highest BCUT2D eigenvalue weighted by Gasteiger charge is 2.16. The van der Waals surface area contributed by atoms with Gasteiger partial charge in [0.1, 0.15) is 27.9 Å². The van der Waals surface area contributed by atoms with Gasteiger partial charge >= 0.3 is 10.1 Å². The molecule has 1 aliphatic heterocycles. The van der Waals surface area contributed by atoms with E-state index in [4.69, 9.17) is 8.92 Å². The van der Waals surface area contributed by atoms with E-state index in [-0.39, 0.29) is 5.75 Å². The summed E-state index contributed by atoms with van der Waals surface area (Å²) < 4.78 is 57.1. The lowest BCUT2D eigenvalue weighted by molar-refractivity contribution is 0.183. The van der Waals surface area contributed by atoms with Crippen LogP contribution >= 0.6 is 0 Å². The zero-order valence-corrected chi connectivity index (χ0v) is 31.3. The molecule has 1 heterocycles. The molecule has 0 aliphatic carbocycles. The van der Waals surface area contributed by atoms with Gasteiger partial charge in [0.25, 0.3) is 0 Å². The van der Waals surface area contributed by atoms with Crippen molar-refractivity contribution in [2.45, 2.75) is 72.1 Å². The minimum atomic E-state index is -3.61. The molecule has 49 heavy (non-hydrogen) atoms. The van der Waals surface area contributed by atoms with Crippen LogP contribution in [0.4, 0.5) is 0 Å². The normalized spacial score (nSPS) is 13.9. The van der Waals surface area contributed by atoms with E-state index in [0.717, 1.165) is 54.3 Å². The number of piperidine rings is 1. The number of benzene rings is 4. The quantitative estimate of drug-likeness (QED) is 0.114.